The van der Waals surface area contributed by atoms with E-state index >= 15 is 0 Å². The van der Waals surface area contributed by atoms with Gasteiger partial charge in [0.05, 0.1) is 15.8 Å². The zero-order valence-corrected chi connectivity index (χ0v) is 29.1. The second-order valence-electron chi connectivity index (χ2n) is 8.95. The van der Waals surface area contributed by atoms with Gasteiger partial charge in [0.15, 0.2) is 0 Å². The predicted octanol–water partition coefficient (Wildman–Crippen LogP) is 6.36. The number of carbonyl (C=O) groups is 1. The van der Waals surface area contributed by atoms with Crippen LogP contribution in [0.25, 0.3) is 0 Å². The Balaban J connectivity index is 0.000000379. The molecule has 0 aliphatic heterocycles. The van der Waals surface area contributed by atoms with E-state index in [9.17, 15) is 0 Å². The van der Waals surface area contributed by atoms with Gasteiger partial charge in [-0.3, -0.25) is 0 Å². The molecule has 0 saturated carbocycles. The third-order valence-corrected chi connectivity index (χ3v) is 11.8. The minimum absolute atomic E-state index is 0. The third kappa shape index (κ3) is 12.2. The fourth-order valence-corrected chi connectivity index (χ4v) is 9.78. The van der Waals surface area contributed by atoms with Crippen molar-refractivity contribution >= 4 is 54.5 Å². The average Bonchev–Trinajstić information content (AvgIpc) is 3.14. The van der Waals surface area contributed by atoms with Crippen LogP contribution in [0.3, 0.4) is 0 Å². The molecule has 6 heteroatoms. The largest absolute Gasteiger partial charge is 0.512 e. The van der Waals surface area contributed by atoms with E-state index in [2.05, 4.69) is 182 Å². The summed E-state index contributed by atoms with van der Waals surface area (Å²) >= 11 is 0. The van der Waals surface area contributed by atoms with Gasteiger partial charge in [-0.1, -0.05) is 109 Å². The van der Waals surface area contributed by atoms with E-state index in [1.54, 1.807) is 0 Å². The van der Waals surface area contributed by atoms with Gasteiger partial charge in [-0.25, -0.2) is 0 Å². The summed E-state index contributed by atoms with van der Waals surface area (Å²) in [5.41, 5.74) is 0. The van der Waals surface area contributed by atoms with Crippen LogP contribution in [0.2, 0.25) is 0 Å². The molecule has 6 aromatic carbocycles. The van der Waals surface area contributed by atoms with Crippen molar-refractivity contribution in [2.75, 3.05) is 0 Å². The Morgan fingerprint density at radius 1 is 0.311 bits per heavy atom. The molecule has 0 bridgehead atoms. The Bertz CT molecular complexity index is 1290. The number of hydrogen-bond acceptors (Lipinski definition) is 3. The summed E-state index contributed by atoms with van der Waals surface area (Å²) in [6, 6.07) is 65.0. The van der Waals surface area contributed by atoms with Crippen molar-refractivity contribution in [2.24, 2.45) is 0 Å². The normalized spacial score (nSPS) is 9.11. The van der Waals surface area contributed by atoms with E-state index in [1.165, 1.54) is 31.8 Å². The molecule has 6 rings (SSSR count). The van der Waals surface area contributed by atoms with Crippen LogP contribution in [0.5, 0.6) is 0 Å². The van der Waals surface area contributed by atoms with Crippen LogP contribution >= 0.6 is 15.8 Å². The first-order chi connectivity index (χ1) is 21.9. The molecule has 0 aromatic heterocycles. The van der Waals surface area contributed by atoms with Crippen molar-refractivity contribution in [3.8, 4) is 0 Å². The third-order valence-electron chi connectivity index (χ3n) is 6.37. The molecule has 0 heterocycles. The van der Waals surface area contributed by atoms with Crippen LogP contribution in [0.15, 0.2) is 182 Å². The Morgan fingerprint density at radius 3 is 0.533 bits per heavy atom. The van der Waals surface area contributed by atoms with Gasteiger partial charge in [0.1, 0.15) is 38.6 Å². The molecule has 1 radical (unpaired) electrons. The molecule has 225 valence electrons. The van der Waals surface area contributed by atoms with Crippen LogP contribution in [-0.4, -0.2) is 6.79 Å². The SMILES string of the molecule is C=O.[C-]#N.[C-]#N.[Ir].c1ccc([PH+](c2ccccc2)c2ccccc2)cc1.c1ccc([PH+](c2ccccc2)c2ccccc2)cc1. The van der Waals surface area contributed by atoms with Gasteiger partial charge in [0, 0.05) is 20.1 Å². The van der Waals surface area contributed by atoms with Crippen molar-refractivity contribution in [1.82, 2.24) is 0 Å². The Kier molecular flexibility index (Phi) is 20.4. The van der Waals surface area contributed by atoms with E-state index in [0.29, 0.717) is 0 Å². The molecule has 0 unspecified atom stereocenters. The first kappa shape index (κ1) is 38.5. The van der Waals surface area contributed by atoms with Crippen LogP contribution < -0.4 is 31.8 Å². The van der Waals surface area contributed by atoms with E-state index in [1.807, 2.05) is 6.79 Å². The van der Waals surface area contributed by atoms with E-state index in [4.69, 9.17) is 28.5 Å². The average molecular weight is 801 g/mol. The van der Waals surface area contributed by atoms with E-state index in [0.717, 1.165) is 0 Å². The minimum atomic E-state index is -0.877. The standard InChI is InChI=1S/2C18H15P.2CN.CH2O.Ir/c2*1-4-10-16(11-5-1)19(17-12-6-2-7-13-17)18-14-8-3-9-15-18;3*1-2;/h2*1-15H;;;1H2;/q;;2*-1;;/p+2. The van der Waals surface area contributed by atoms with Gasteiger partial charge >= 0.3 is 0 Å². The molecule has 0 N–H and O–H groups in total. The van der Waals surface area contributed by atoms with Crippen molar-refractivity contribution in [2.45, 2.75) is 0 Å². The second-order valence-corrected chi connectivity index (χ2v) is 13.9. The smallest absolute Gasteiger partial charge is 0.106 e. The van der Waals surface area contributed by atoms with Gasteiger partial charge in [0.25, 0.3) is 0 Å². The number of rotatable bonds is 6. The Hall–Kier alpha value is -4.52. The molecule has 0 amide bonds. The van der Waals surface area contributed by atoms with Crippen molar-refractivity contribution in [3.05, 3.63) is 195 Å². The van der Waals surface area contributed by atoms with Crippen LogP contribution in [0.4, 0.5) is 0 Å². The fourth-order valence-electron chi connectivity index (χ4n) is 4.63. The molecule has 0 saturated heterocycles. The van der Waals surface area contributed by atoms with Gasteiger partial charge < -0.3 is 28.5 Å². The molecule has 45 heavy (non-hydrogen) atoms. The fraction of sp³-hybridized carbons (Fsp3) is 0. The summed E-state index contributed by atoms with van der Waals surface area (Å²) < 4.78 is 0. The monoisotopic (exact) mass is 801 g/mol. The summed E-state index contributed by atoms with van der Waals surface area (Å²) in [4.78, 5) is 8.00. The molecule has 6 aromatic rings. The van der Waals surface area contributed by atoms with Gasteiger partial charge in [0.2, 0.25) is 0 Å². The zero-order valence-electron chi connectivity index (χ0n) is 24.7. The number of carbonyl (C=O) groups excluding carboxylic acids is 1. The number of nitrogens with zero attached hydrogens (tertiary/aromatic N) is 2. The Labute approximate surface area is 283 Å². The summed E-state index contributed by atoms with van der Waals surface area (Å²) in [5.74, 6) is 0. The molecule has 0 spiro atoms. The summed E-state index contributed by atoms with van der Waals surface area (Å²) in [7, 11) is -1.75. The van der Waals surface area contributed by atoms with Crippen molar-refractivity contribution in [3.63, 3.8) is 0 Å². The van der Waals surface area contributed by atoms with E-state index < -0.39 is 15.8 Å². The molecular formula is C39H34IrN2OP2. The first-order valence-corrected chi connectivity index (χ1v) is 16.7. The van der Waals surface area contributed by atoms with Gasteiger partial charge in [-0.05, 0) is 72.8 Å². The first-order valence-electron chi connectivity index (χ1n) is 13.7. The maximum absolute atomic E-state index is 8.00. The molecule has 0 atom stereocenters. The quantitative estimate of drug-likeness (QED) is 0.146. The molecule has 0 aliphatic rings. The second kappa shape index (κ2) is 23.9. The topological polar surface area (TPSA) is 64.7 Å². The summed E-state index contributed by atoms with van der Waals surface area (Å²) in [6.07, 6.45) is 0. The van der Waals surface area contributed by atoms with Gasteiger partial charge in [-0.15, -0.1) is 0 Å². The van der Waals surface area contributed by atoms with Crippen LogP contribution in [0.1, 0.15) is 0 Å². The maximum Gasteiger partial charge on any atom is 0.106 e. The zero-order chi connectivity index (χ0) is 31.8. The summed E-state index contributed by atoms with van der Waals surface area (Å²) in [6.45, 7) is 11.5. The minimum Gasteiger partial charge on any atom is -0.512 e. The molecule has 0 fully saturated rings. The molecule has 3 nitrogen and oxygen atoms in total. The van der Waals surface area contributed by atoms with Crippen molar-refractivity contribution < 1.29 is 24.9 Å². The van der Waals surface area contributed by atoms with E-state index in [-0.39, 0.29) is 20.1 Å². The van der Waals surface area contributed by atoms with Crippen LogP contribution in [0, 0.1) is 23.7 Å². The molecular weight excluding hydrogens is 767 g/mol. The predicted molar refractivity (Wildman–Crippen MR) is 190 cm³/mol. The number of benzene rings is 6. The maximum atomic E-state index is 8.00. The van der Waals surface area contributed by atoms with Gasteiger partial charge in [-0.2, -0.15) is 0 Å². The van der Waals surface area contributed by atoms with Crippen molar-refractivity contribution in [1.29, 1.82) is 10.5 Å². The Morgan fingerprint density at radius 2 is 0.422 bits per heavy atom. The number of hydrogen-bond donors (Lipinski definition) is 0. The summed E-state index contributed by atoms with van der Waals surface area (Å²) in [5, 5.41) is 21.1. The molecule has 0 aliphatic carbocycles. The van der Waals surface area contributed by atoms with Crippen LogP contribution in [-0.2, 0) is 24.9 Å².